The van der Waals surface area contributed by atoms with Crippen molar-refractivity contribution >= 4 is 22.8 Å². The van der Waals surface area contributed by atoms with Crippen LogP contribution in [0.4, 0.5) is 11.5 Å². The van der Waals surface area contributed by atoms with Crippen molar-refractivity contribution in [2.24, 2.45) is 0 Å². The summed E-state index contributed by atoms with van der Waals surface area (Å²) in [7, 11) is 1.33. The van der Waals surface area contributed by atoms with Gasteiger partial charge < -0.3 is 10.1 Å². The summed E-state index contributed by atoms with van der Waals surface area (Å²) in [6.45, 7) is 0.463. The molecular formula is C10H10N4O3S. The Hall–Kier alpha value is -2.22. The fourth-order valence-electron chi connectivity index (χ4n) is 1.38. The van der Waals surface area contributed by atoms with E-state index in [1.807, 2.05) is 16.8 Å². The molecule has 2 rings (SSSR count). The summed E-state index contributed by atoms with van der Waals surface area (Å²) in [5, 5.41) is 17.8. The van der Waals surface area contributed by atoms with Gasteiger partial charge >= 0.3 is 5.69 Å². The summed E-state index contributed by atoms with van der Waals surface area (Å²) in [5.74, 6) is 0.0980. The Morgan fingerprint density at radius 2 is 2.39 bits per heavy atom. The molecule has 0 atom stereocenters. The largest absolute Gasteiger partial charge is 0.476 e. The first-order valence-electron chi connectivity index (χ1n) is 5.00. The quantitative estimate of drug-likeness (QED) is 0.658. The van der Waals surface area contributed by atoms with Gasteiger partial charge in [-0.1, -0.05) is 0 Å². The predicted molar refractivity (Wildman–Crippen MR) is 66.9 cm³/mol. The summed E-state index contributed by atoms with van der Waals surface area (Å²) in [5.41, 5.74) is 0.780. The van der Waals surface area contributed by atoms with E-state index in [-0.39, 0.29) is 17.4 Å². The van der Waals surface area contributed by atoms with Crippen LogP contribution in [0.3, 0.4) is 0 Å². The predicted octanol–water partition coefficient (Wildman–Crippen LogP) is 2.07. The molecular weight excluding hydrogens is 256 g/mol. The smallest absolute Gasteiger partial charge is 0.372 e. The van der Waals surface area contributed by atoms with Gasteiger partial charge in [0.25, 0.3) is 5.88 Å². The van der Waals surface area contributed by atoms with Crippen LogP contribution in [0.15, 0.2) is 23.2 Å². The number of hydrogen-bond acceptors (Lipinski definition) is 7. The maximum atomic E-state index is 11.0. The number of thiophene rings is 1. The molecule has 0 saturated heterocycles. The molecule has 2 aromatic heterocycles. The number of nitro groups is 1. The monoisotopic (exact) mass is 266 g/mol. The minimum absolute atomic E-state index is 0.0529. The highest BCUT2D eigenvalue weighted by Crippen LogP contribution is 2.30. The van der Waals surface area contributed by atoms with Gasteiger partial charge in [-0.05, 0) is 22.4 Å². The zero-order valence-corrected chi connectivity index (χ0v) is 10.3. The summed E-state index contributed by atoms with van der Waals surface area (Å²) >= 11 is 1.56. The molecule has 0 aliphatic rings. The lowest BCUT2D eigenvalue weighted by molar-refractivity contribution is -0.385. The number of hydrogen-bond donors (Lipinski definition) is 1. The maximum absolute atomic E-state index is 11.0. The summed E-state index contributed by atoms with van der Waals surface area (Å²) < 4.78 is 4.85. The first-order chi connectivity index (χ1) is 8.72. The number of ether oxygens (including phenoxy) is 1. The number of anilines is 1. The molecule has 2 heterocycles. The third-order valence-corrected chi connectivity index (χ3v) is 2.94. The highest BCUT2D eigenvalue weighted by Gasteiger charge is 2.23. The Balaban J connectivity index is 2.24. The van der Waals surface area contributed by atoms with Gasteiger partial charge in [0.15, 0.2) is 0 Å². The van der Waals surface area contributed by atoms with Crippen LogP contribution in [0.1, 0.15) is 5.56 Å². The first kappa shape index (κ1) is 12.2. The second-order valence-corrected chi connectivity index (χ2v) is 4.10. The summed E-state index contributed by atoms with van der Waals surface area (Å²) in [6, 6.07) is 1.93. The number of nitrogens with zero attached hydrogens (tertiary/aromatic N) is 3. The minimum Gasteiger partial charge on any atom is -0.476 e. The van der Waals surface area contributed by atoms with Gasteiger partial charge in [0, 0.05) is 6.54 Å². The van der Waals surface area contributed by atoms with E-state index in [1.165, 1.54) is 13.4 Å². The Kier molecular flexibility index (Phi) is 3.68. The molecule has 0 saturated carbocycles. The van der Waals surface area contributed by atoms with E-state index in [9.17, 15) is 10.1 Å². The summed E-state index contributed by atoms with van der Waals surface area (Å²) in [6.07, 6.45) is 1.22. The van der Waals surface area contributed by atoms with E-state index < -0.39 is 4.92 Å². The van der Waals surface area contributed by atoms with Crippen LogP contribution in [0.25, 0.3) is 0 Å². The summed E-state index contributed by atoms with van der Waals surface area (Å²) in [4.78, 5) is 18.0. The average Bonchev–Trinajstić information content (AvgIpc) is 2.88. The van der Waals surface area contributed by atoms with E-state index in [0.29, 0.717) is 6.54 Å². The molecule has 7 nitrogen and oxygen atoms in total. The molecule has 0 unspecified atom stereocenters. The minimum atomic E-state index is -0.561. The molecule has 0 radical (unpaired) electrons. The number of methoxy groups -OCH3 is 1. The molecule has 0 aromatic carbocycles. The van der Waals surface area contributed by atoms with Crippen molar-refractivity contribution in [2.45, 2.75) is 6.54 Å². The van der Waals surface area contributed by atoms with Crippen LogP contribution in [0.2, 0.25) is 0 Å². The van der Waals surface area contributed by atoms with E-state index in [4.69, 9.17) is 4.74 Å². The maximum Gasteiger partial charge on any atom is 0.372 e. The molecule has 2 aromatic rings. The standard InChI is InChI=1S/C10H10N4O3S/c1-17-10-8(14(15)16)9(12-6-13-10)11-4-7-2-3-18-5-7/h2-3,5-6H,4H2,1H3,(H,11,12,13). The van der Waals surface area contributed by atoms with Crippen LogP contribution >= 0.6 is 11.3 Å². The van der Waals surface area contributed by atoms with Gasteiger partial charge in [-0.2, -0.15) is 16.3 Å². The van der Waals surface area contributed by atoms with Gasteiger partial charge in [0.05, 0.1) is 12.0 Å². The van der Waals surface area contributed by atoms with E-state index in [0.717, 1.165) is 5.56 Å². The molecule has 18 heavy (non-hydrogen) atoms. The van der Waals surface area contributed by atoms with Gasteiger partial charge in [-0.3, -0.25) is 10.1 Å². The molecule has 8 heteroatoms. The highest BCUT2D eigenvalue weighted by atomic mass is 32.1. The lowest BCUT2D eigenvalue weighted by atomic mass is 10.3. The third-order valence-electron chi connectivity index (χ3n) is 2.20. The molecule has 94 valence electrons. The van der Waals surface area contributed by atoms with Crippen molar-refractivity contribution in [3.8, 4) is 5.88 Å². The lowest BCUT2D eigenvalue weighted by Crippen LogP contribution is -2.06. The van der Waals surface area contributed by atoms with Crippen LogP contribution in [0, 0.1) is 10.1 Å². The molecule has 0 aliphatic carbocycles. The second kappa shape index (κ2) is 5.41. The Bertz CT molecular complexity index is 544. The van der Waals surface area contributed by atoms with E-state index in [2.05, 4.69) is 15.3 Å². The topological polar surface area (TPSA) is 90.2 Å². The van der Waals surface area contributed by atoms with Crippen LogP contribution in [0.5, 0.6) is 5.88 Å². The number of rotatable bonds is 5. The second-order valence-electron chi connectivity index (χ2n) is 3.32. The molecule has 1 N–H and O–H groups in total. The van der Waals surface area contributed by atoms with Crippen molar-refractivity contribution in [1.82, 2.24) is 9.97 Å². The van der Waals surface area contributed by atoms with Crippen molar-refractivity contribution in [3.05, 3.63) is 38.8 Å². The zero-order valence-electron chi connectivity index (χ0n) is 9.49. The normalized spacial score (nSPS) is 10.1. The number of nitrogens with one attached hydrogen (secondary N) is 1. The van der Waals surface area contributed by atoms with Gasteiger partial charge in [0.1, 0.15) is 6.33 Å². The Morgan fingerprint density at radius 1 is 1.56 bits per heavy atom. The zero-order chi connectivity index (χ0) is 13.0. The third kappa shape index (κ3) is 2.54. The Labute approximate surface area is 107 Å². The van der Waals surface area contributed by atoms with Gasteiger partial charge in [-0.25, -0.2) is 4.98 Å². The van der Waals surface area contributed by atoms with Gasteiger partial charge in [0.2, 0.25) is 5.82 Å². The van der Waals surface area contributed by atoms with Crippen molar-refractivity contribution in [3.63, 3.8) is 0 Å². The average molecular weight is 266 g/mol. The van der Waals surface area contributed by atoms with Crippen LogP contribution in [-0.2, 0) is 6.54 Å². The number of aromatic nitrogens is 2. The van der Waals surface area contributed by atoms with E-state index >= 15 is 0 Å². The molecule has 0 bridgehead atoms. The SMILES string of the molecule is COc1ncnc(NCc2ccsc2)c1[N+](=O)[O-]. The molecule has 0 spiro atoms. The Morgan fingerprint density at radius 3 is 3.00 bits per heavy atom. The first-order valence-corrected chi connectivity index (χ1v) is 5.95. The molecule has 0 amide bonds. The molecule has 0 fully saturated rings. The fourth-order valence-corrected chi connectivity index (χ4v) is 2.05. The highest BCUT2D eigenvalue weighted by molar-refractivity contribution is 7.07. The van der Waals surface area contributed by atoms with Crippen molar-refractivity contribution < 1.29 is 9.66 Å². The van der Waals surface area contributed by atoms with Crippen molar-refractivity contribution in [2.75, 3.05) is 12.4 Å². The molecule has 0 aliphatic heterocycles. The van der Waals surface area contributed by atoms with Crippen LogP contribution in [-0.4, -0.2) is 22.0 Å². The van der Waals surface area contributed by atoms with Gasteiger partial charge in [-0.15, -0.1) is 0 Å². The lowest BCUT2D eigenvalue weighted by Gasteiger charge is -2.06. The van der Waals surface area contributed by atoms with E-state index in [1.54, 1.807) is 11.3 Å². The van der Waals surface area contributed by atoms with Crippen molar-refractivity contribution in [1.29, 1.82) is 0 Å². The van der Waals surface area contributed by atoms with Crippen LogP contribution < -0.4 is 10.1 Å². The fraction of sp³-hybridized carbons (Fsp3) is 0.200.